The average molecular weight is 787 g/mol. The third-order valence-corrected chi connectivity index (χ3v) is 8.38. The van der Waals surface area contributed by atoms with Gasteiger partial charge in [-0.1, -0.05) is 105 Å². The van der Waals surface area contributed by atoms with E-state index >= 15 is 0 Å². The van der Waals surface area contributed by atoms with Crippen LogP contribution in [0.25, 0.3) is 11.1 Å². The van der Waals surface area contributed by atoms with Crippen LogP contribution in [0.15, 0.2) is 85.0 Å². The van der Waals surface area contributed by atoms with Gasteiger partial charge in [-0.25, -0.2) is 12.2 Å². The number of hydrogen-bond donors (Lipinski definition) is 0. The van der Waals surface area contributed by atoms with E-state index in [4.69, 9.17) is 0 Å². The van der Waals surface area contributed by atoms with Crippen molar-refractivity contribution in [1.29, 1.82) is 0 Å². The summed E-state index contributed by atoms with van der Waals surface area (Å²) in [6.07, 6.45) is 11.0. The fourth-order valence-corrected chi connectivity index (χ4v) is 5.85. The van der Waals surface area contributed by atoms with Gasteiger partial charge in [0.05, 0.1) is 0 Å². The zero-order valence-electron chi connectivity index (χ0n) is 32.7. The minimum absolute atomic E-state index is 0. The molecule has 270 valence electrons. The first kappa shape index (κ1) is 47.7. The molecule has 2 aliphatic carbocycles. The summed E-state index contributed by atoms with van der Waals surface area (Å²) in [5, 5.41) is 0. The Morgan fingerprint density at radius 3 is 1.52 bits per heavy atom. The molecule has 0 aromatic heterocycles. The molecular weight excluding hydrogens is 727 g/mol. The zero-order chi connectivity index (χ0) is 36.1. The van der Waals surface area contributed by atoms with Crippen molar-refractivity contribution in [3.8, 4) is 11.1 Å². The normalized spacial score (nSPS) is 11.9. The predicted molar refractivity (Wildman–Crippen MR) is 222 cm³/mol. The van der Waals surface area contributed by atoms with Gasteiger partial charge in [-0.15, -0.1) is 47.9 Å². The van der Waals surface area contributed by atoms with Crippen LogP contribution in [0.3, 0.4) is 0 Å². The predicted octanol–water partition coefficient (Wildman–Crippen LogP) is 13.6. The van der Waals surface area contributed by atoms with E-state index in [9.17, 15) is 0 Å². The van der Waals surface area contributed by atoms with Crippen molar-refractivity contribution in [2.45, 2.75) is 119 Å². The number of rotatable bonds is 2. The molecule has 0 N–H and O–H groups in total. The summed E-state index contributed by atoms with van der Waals surface area (Å²) in [7, 11) is 0. The Hall–Kier alpha value is -2.31. The van der Waals surface area contributed by atoms with Gasteiger partial charge < -0.3 is 0 Å². The van der Waals surface area contributed by atoms with Crippen molar-refractivity contribution < 1.29 is 24.2 Å². The molecular formula is C47H60Cl2Zr-4. The Kier molecular flexibility index (Phi) is 21.5. The number of benzene rings is 4. The molecule has 0 unspecified atom stereocenters. The third-order valence-electron chi connectivity index (χ3n) is 8.38. The number of hydrogen-bond acceptors (Lipinski definition) is 0. The quantitative estimate of drug-likeness (QED) is 0.156. The van der Waals surface area contributed by atoms with Crippen LogP contribution in [-0.2, 0) is 41.5 Å². The molecule has 0 fully saturated rings. The number of aryl methyl sites for hydroxylation is 2. The molecule has 0 radical (unpaired) electrons. The summed E-state index contributed by atoms with van der Waals surface area (Å²) >= 11 is 1.30. The van der Waals surface area contributed by atoms with Crippen molar-refractivity contribution in [2.75, 3.05) is 0 Å². The molecule has 0 spiro atoms. The van der Waals surface area contributed by atoms with Gasteiger partial charge in [0.1, 0.15) is 0 Å². The first-order valence-electron chi connectivity index (χ1n) is 17.3. The van der Waals surface area contributed by atoms with E-state index in [0.29, 0.717) is 11.8 Å². The van der Waals surface area contributed by atoms with E-state index in [-0.39, 0.29) is 35.6 Å². The Bertz CT molecular complexity index is 1560. The van der Waals surface area contributed by atoms with Crippen LogP contribution in [-0.4, -0.2) is 4.21 Å². The third kappa shape index (κ3) is 14.7. The van der Waals surface area contributed by atoms with Crippen LogP contribution < -0.4 is 0 Å². The monoisotopic (exact) mass is 784 g/mol. The van der Waals surface area contributed by atoms with E-state index in [1.54, 1.807) is 0 Å². The second-order valence-corrected chi connectivity index (χ2v) is 15.2. The van der Waals surface area contributed by atoms with E-state index < -0.39 is 0 Å². The first-order valence-corrected chi connectivity index (χ1v) is 19.0. The molecule has 0 heterocycles. The van der Waals surface area contributed by atoms with E-state index in [1.807, 2.05) is 36.4 Å². The van der Waals surface area contributed by atoms with Crippen LogP contribution >= 0.6 is 24.8 Å². The van der Waals surface area contributed by atoms with Gasteiger partial charge in [-0.05, 0) is 41.7 Å². The first-order chi connectivity index (χ1) is 22.6. The number of allylic oxidation sites excluding steroid dienone is 4. The second-order valence-electron chi connectivity index (χ2n) is 15.2. The van der Waals surface area contributed by atoms with E-state index in [0.717, 1.165) is 12.8 Å². The Labute approximate surface area is 334 Å². The Balaban J connectivity index is 0.000000733. The average Bonchev–Trinajstić information content (AvgIpc) is 3.74. The Morgan fingerprint density at radius 1 is 0.700 bits per heavy atom. The summed E-state index contributed by atoms with van der Waals surface area (Å²) in [6, 6.07) is 33.1. The molecule has 0 saturated heterocycles. The van der Waals surface area contributed by atoms with Crippen molar-refractivity contribution >= 4 is 29.0 Å². The maximum atomic E-state index is 3.71. The molecule has 0 saturated carbocycles. The fraction of sp³-hybridized carbons (Fsp3) is 0.383. The molecule has 0 aliphatic heterocycles. The number of halogens is 2. The summed E-state index contributed by atoms with van der Waals surface area (Å²) in [5.74, 6) is 1.28. The van der Waals surface area contributed by atoms with Crippen LogP contribution in [0, 0.1) is 38.1 Å². The summed E-state index contributed by atoms with van der Waals surface area (Å²) in [4.78, 5) is 0. The molecule has 4 aromatic rings. The summed E-state index contributed by atoms with van der Waals surface area (Å²) < 4.78 is 3.34. The van der Waals surface area contributed by atoms with Crippen LogP contribution in [0.2, 0.25) is 0 Å². The molecule has 0 atom stereocenters. The van der Waals surface area contributed by atoms with E-state index in [2.05, 4.69) is 160 Å². The van der Waals surface area contributed by atoms with Gasteiger partial charge in [0, 0.05) is 0 Å². The molecule has 2 aliphatic rings. The van der Waals surface area contributed by atoms with Gasteiger partial charge in [0.15, 0.2) is 0 Å². The van der Waals surface area contributed by atoms with E-state index in [1.165, 1.54) is 79.9 Å². The standard InChI is InChI=1S/C23H29.2C9H11.C5H5.CH2.2ClH.Zr/c1-14-9-17-12-16-11-15(2)19(22(3,4)5)13-18(16)21(17)20(10-14)23(6,7)8;2*1-8(2)9-6-4-3-5-7-9;1-2-4-5-3-1;;;;/h9-10,13H,12H2,1-8H3;2*4-8H,1-2H3;1-3H,4H2;1H2;2*1H;/q4*-1;;;;. The van der Waals surface area contributed by atoms with Crippen molar-refractivity contribution in [1.82, 2.24) is 0 Å². The SMILES string of the molecule is CC(C)c1cc[c-]cc1.CC(C)c1cc[c-]cc1.Cc1cc2c(c(C(C)(C)C)c1)-c1cc(C(C)(C)C)c(C)[c-]c1C2.Cl.Cl.[C-]1=CC=CC1.[CH2]=[Zr]. The van der Waals surface area contributed by atoms with Gasteiger partial charge in [-0.3, -0.25) is 6.08 Å². The minimum atomic E-state index is 0. The zero-order valence-corrected chi connectivity index (χ0v) is 36.8. The second kappa shape index (κ2) is 22.6. The Morgan fingerprint density at radius 2 is 1.18 bits per heavy atom. The van der Waals surface area contributed by atoms with Crippen LogP contribution in [0.5, 0.6) is 0 Å². The molecule has 0 nitrogen and oxygen atoms in total. The topological polar surface area (TPSA) is 0 Å². The van der Waals surface area contributed by atoms with Crippen molar-refractivity contribution in [3.05, 3.63) is 154 Å². The maximum absolute atomic E-state index is 3.71. The van der Waals surface area contributed by atoms with Gasteiger partial charge in [0.2, 0.25) is 0 Å². The fourth-order valence-electron chi connectivity index (χ4n) is 5.85. The van der Waals surface area contributed by atoms with Gasteiger partial charge in [-0.2, -0.15) is 95.6 Å². The summed E-state index contributed by atoms with van der Waals surface area (Å²) in [5.41, 5.74) is 14.4. The van der Waals surface area contributed by atoms with Crippen LogP contribution in [0.1, 0.15) is 132 Å². The van der Waals surface area contributed by atoms with Gasteiger partial charge >= 0.3 is 28.4 Å². The van der Waals surface area contributed by atoms with Crippen molar-refractivity contribution in [3.63, 3.8) is 0 Å². The molecule has 0 bridgehead atoms. The van der Waals surface area contributed by atoms with Crippen LogP contribution in [0.4, 0.5) is 0 Å². The molecule has 4 aromatic carbocycles. The molecule has 6 rings (SSSR count). The van der Waals surface area contributed by atoms with Gasteiger partial charge in [0.25, 0.3) is 0 Å². The summed E-state index contributed by atoms with van der Waals surface area (Å²) in [6.45, 7) is 27.0. The number of fused-ring (bicyclic) bond motifs is 3. The molecule has 50 heavy (non-hydrogen) atoms. The van der Waals surface area contributed by atoms with Crippen molar-refractivity contribution in [2.24, 2.45) is 0 Å². The molecule has 3 heteroatoms. The molecule has 0 amide bonds.